The lowest BCUT2D eigenvalue weighted by Gasteiger charge is -2.25. The number of rotatable bonds is 25. The maximum Gasteiger partial charge on any atom is 0.435 e. The lowest BCUT2D eigenvalue weighted by Crippen LogP contribution is -2.49. The third kappa shape index (κ3) is 34.7. The Bertz CT molecular complexity index is 3150. The number of carbonyl (C=O) groups is 6. The normalized spacial score (nSPS) is 12.1. The Morgan fingerprint density at radius 2 is 0.967 bits per heavy atom. The summed E-state index contributed by atoms with van der Waals surface area (Å²) in [7, 11) is 0. The molecule has 0 spiro atoms. The van der Waals surface area contributed by atoms with E-state index in [9.17, 15) is 28.8 Å². The minimum absolute atomic E-state index is 0. The lowest BCUT2D eigenvalue weighted by atomic mass is 9.97. The van der Waals surface area contributed by atoms with E-state index >= 15 is 0 Å². The summed E-state index contributed by atoms with van der Waals surface area (Å²) in [5, 5.41) is 31.6. The molecule has 92 heavy (non-hydrogen) atoms. The van der Waals surface area contributed by atoms with Crippen molar-refractivity contribution in [1.82, 2.24) is 26.6 Å². The van der Waals surface area contributed by atoms with Gasteiger partial charge in [-0.15, -0.1) is 12.4 Å². The van der Waals surface area contributed by atoms with E-state index in [-0.39, 0.29) is 70.1 Å². The number of carboxylic acids is 1. The van der Waals surface area contributed by atoms with Crippen molar-refractivity contribution in [2.24, 2.45) is 22.4 Å². The molecule has 500 valence electrons. The van der Waals surface area contributed by atoms with Crippen LogP contribution in [0.1, 0.15) is 140 Å². The Balaban J connectivity index is 0.000000746. The van der Waals surface area contributed by atoms with E-state index in [1.54, 1.807) is 50.2 Å². The molecule has 20 nitrogen and oxygen atoms in total. The van der Waals surface area contributed by atoms with Gasteiger partial charge in [0.1, 0.15) is 36.1 Å². The maximum atomic E-state index is 12.8. The number of aryl methyl sites for hydroxylation is 2. The summed E-state index contributed by atoms with van der Waals surface area (Å²) >= 11 is 0. The Kier molecular flexibility index (Phi) is 37.6. The highest BCUT2D eigenvalue weighted by molar-refractivity contribution is 6.04. The molecule has 4 atom stereocenters. The summed E-state index contributed by atoms with van der Waals surface area (Å²) in [5.41, 5.74) is 17.2. The number of carboxylic acid groups (broad SMARTS) is 1. The molecule has 0 aliphatic heterocycles. The number of amides is 5. The minimum atomic E-state index is -0.811. The van der Waals surface area contributed by atoms with Crippen molar-refractivity contribution in [2.45, 2.75) is 164 Å². The number of nitrogens with one attached hydrogen (secondary N) is 6. The summed E-state index contributed by atoms with van der Waals surface area (Å²) in [5.74, 6) is -1.39. The third-order valence-corrected chi connectivity index (χ3v) is 13.2. The molecular formula is C71H98ClN9O11. The molecule has 0 saturated carbocycles. The van der Waals surface area contributed by atoms with E-state index in [0.717, 1.165) is 47.1 Å². The number of aliphatic carboxylic acids is 1. The van der Waals surface area contributed by atoms with Crippen molar-refractivity contribution in [2.75, 3.05) is 6.54 Å². The molecule has 21 heteroatoms. The lowest BCUT2D eigenvalue weighted by molar-refractivity contribution is -0.141. The van der Waals surface area contributed by atoms with Gasteiger partial charge in [0.2, 0.25) is 5.91 Å². The van der Waals surface area contributed by atoms with Crippen molar-refractivity contribution in [3.05, 3.63) is 214 Å². The fourth-order valence-corrected chi connectivity index (χ4v) is 8.21. The third-order valence-electron chi connectivity index (χ3n) is 13.2. The van der Waals surface area contributed by atoms with E-state index < -0.39 is 53.5 Å². The van der Waals surface area contributed by atoms with Gasteiger partial charge < -0.3 is 56.8 Å². The van der Waals surface area contributed by atoms with Crippen LogP contribution >= 0.6 is 12.4 Å². The molecule has 0 aliphatic carbocycles. The van der Waals surface area contributed by atoms with Crippen molar-refractivity contribution < 1.29 is 52.8 Å². The smallest absolute Gasteiger partial charge is 0.435 e. The summed E-state index contributed by atoms with van der Waals surface area (Å²) in [6, 6.07) is 52.0. The second kappa shape index (κ2) is 42.8. The first-order valence-electron chi connectivity index (χ1n) is 29.6. The summed E-state index contributed by atoms with van der Waals surface area (Å²) in [4.78, 5) is 75.6. The number of amidine groups is 2. The molecule has 6 aromatic rings. The molecule has 11 N–H and O–H groups in total. The first-order valence-corrected chi connectivity index (χ1v) is 29.6. The highest BCUT2D eigenvalue weighted by atomic mass is 35.5. The number of aliphatic imine (C=N–C) groups is 1. The van der Waals surface area contributed by atoms with Crippen molar-refractivity contribution >= 4 is 60.3 Å². The van der Waals surface area contributed by atoms with Crippen LogP contribution < -0.4 is 38.1 Å². The van der Waals surface area contributed by atoms with Crippen molar-refractivity contribution in [3.63, 3.8) is 0 Å². The van der Waals surface area contributed by atoms with Crippen molar-refractivity contribution in [1.29, 1.82) is 5.41 Å². The summed E-state index contributed by atoms with van der Waals surface area (Å²) < 4.78 is 20.9. The number of nitrogens with two attached hydrogens (primary N) is 2. The second-order valence-corrected chi connectivity index (χ2v) is 23.1. The second-order valence-electron chi connectivity index (χ2n) is 23.1. The van der Waals surface area contributed by atoms with Gasteiger partial charge in [0, 0.05) is 42.8 Å². The molecule has 0 heterocycles. The molecule has 0 aromatic heterocycles. The first kappa shape index (κ1) is 80.9. The number of alkyl carbamates (subject to hydrolysis) is 3. The molecule has 5 amide bonds. The van der Waals surface area contributed by atoms with Crippen LogP contribution in [0.5, 0.6) is 0 Å². The van der Waals surface area contributed by atoms with Crippen LogP contribution in [-0.2, 0) is 67.7 Å². The number of carbonyl (C=O) groups excluding carboxylic acids is 5. The van der Waals surface area contributed by atoms with Crippen LogP contribution in [0.4, 0.5) is 19.2 Å². The fourth-order valence-electron chi connectivity index (χ4n) is 8.21. The standard InChI is InChI=1S/C34H43N5O5.C19H29NO4.C16H17N3O2.2CH4.ClH/c1-24(36-22-29(38-33(42)44-34(2,3)4)20-17-25-11-7-5-8-12-25)31(40)37-21-26-15-18-28(19-16-26)30(35)39-32(41)43-23-27-13-9-6-10-14-27;1-14(17(21)22)10-12-16(20-18(23)24-19(2,3)4)13-11-15-8-6-5-7-9-15;17-10-12-6-8-14(9-7-12)15(18)19-16(20)21-11-13-4-2-1-3-5-13;;;/h5-16,18-19,24,29,36H,17,20-23H2,1-4H3,(H,37,40)(H,38,42)(H2,35,39,41);5-9,14,16H,10-13H2,1-4H3,(H,20,23)(H,21,22);1-9H,10-11,17H2,(H2,18,19,20);2*1H4;1H/t24-,29+;14-,16+;;;;/m01..../s1. The zero-order valence-electron chi connectivity index (χ0n) is 52.8. The van der Waals surface area contributed by atoms with Crippen LogP contribution in [0.25, 0.3) is 0 Å². The number of nitrogens with zero attached hydrogens (tertiary/aromatic N) is 1. The Morgan fingerprint density at radius 3 is 1.42 bits per heavy atom. The van der Waals surface area contributed by atoms with Gasteiger partial charge in [0.25, 0.3) is 0 Å². The van der Waals surface area contributed by atoms with Gasteiger partial charge in [-0.25, -0.2) is 19.2 Å². The van der Waals surface area contributed by atoms with E-state index in [0.29, 0.717) is 50.0 Å². The molecule has 6 rings (SSSR count). The van der Waals surface area contributed by atoms with E-state index in [2.05, 4.69) is 31.6 Å². The predicted molar refractivity (Wildman–Crippen MR) is 367 cm³/mol. The fraction of sp³-hybridized carbons (Fsp3) is 0.380. The molecule has 0 aliphatic rings. The topological polar surface area (TPSA) is 308 Å². The number of hydrogen-bond acceptors (Lipinski definition) is 13. The molecule has 0 unspecified atom stereocenters. The quantitative estimate of drug-likeness (QED) is 0.0146. The first-order chi connectivity index (χ1) is 42.3. The van der Waals surface area contributed by atoms with Gasteiger partial charge in [-0.2, -0.15) is 4.99 Å². The SMILES string of the molecule is C.C.C[C@H](CC[C@@H](CCc1ccccc1)NC(=O)OC(C)(C)C)C(=O)O.C[C@H](NC[C@@H](CCc1ccccc1)NC(=O)OC(C)(C)C)C(=O)NCc1ccc(C(=N)NC(=O)OCc2ccccc2)cc1.Cl.NCc1ccc(C(N)=NC(=O)OCc2ccccc2)cc1. The van der Waals surface area contributed by atoms with Gasteiger partial charge in [0.05, 0.1) is 12.0 Å². The number of ether oxygens (including phenoxy) is 4. The Morgan fingerprint density at radius 1 is 0.543 bits per heavy atom. The van der Waals surface area contributed by atoms with Crippen molar-refractivity contribution in [3.8, 4) is 0 Å². The average Bonchev–Trinajstić information content (AvgIpc) is 1.31. The number of hydrogen-bond donors (Lipinski definition) is 9. The summed E-state index contributed by atoms with van der Waals surface area (Å²) in [6.07, 6.45) is 1.77. The van der Waals surface area contributed by atoms with Gasteiger partial charge in [-0.1, -0.05) is 192 Å². The largest absolute Gasteiger partial charge is 0.481 e. The molecule has 0 bridgehead atoms. The Hall–Kier alpha value is -9.11. The highest BCUT2D eigenvalue weighted by Crippen LogP contribution is 2.16. The zero-order chi connectivity index (χ0) is 65.2. The van der Waals surface area contributed by atoms with Crippen LogP contribution in [0.15, 0.2) is 175 Å². The highest BCUT2D eigenvalue weighted by Gasteiger charge is 2.23. The van der Waals surface area contributed by atoms with E-state index in [4.69, 9.17) is 40.9 Å². The van der Waals surface area contributed by atoms with Gasteiger partial charge >= 0.3 is 30.3 Å². The van der Waals surface area contributed by atoms with E-state index in [1.165, 1.54) is 5.56 Å². The molecular weight excluding hydrogens is 1190 g/mol. The van der Waals surface area contributed by atoms with Crippen LogP contribution in [0.2, 0.25) is 0 Å². The van der Waals surface area contributed by atoms with Gasteiger partial charge in [-0.05, 0) is 120 Å². The van der Waals surface area contributed by atoms with Crippen LogP contribution in [0, 0.1) is 11.3 Å². The number of benzene rings is 6. The molecule has 0 saturated heterocycles. The van der Waals surface area contributed by atoms with Gasteiger partial charge in [0.15, 0.2) is 0 Å². The molecule has 0 radical (unpaired) electrons. The van der Waals surface area contributed by atoms with Crippen LogP contribution in [0.3, 0.4) is 0 Å². The molecule has 6 aromatic carbocycles. The van der Waals surface area contributed by atoms with Crippen LogP contribution in [-0.4, -0.2) is 88.9 Å². The maximum absolute atomic E-state index is 12.8. The zero-order valence-corrected chi connectivity index (χ0v) is 53.6. The minimum Gasteiger partial charge on any atom is -0.481 e. The number of halogens is 1. The molecule has 0 fully saturated rings. The monoisotopic (exact) mass is 1290 g/mol. The Labute approximate surface area is 550 Å². The van der Waals surface area contributed by atoms with E-state index in [1.807, 2.05) is 175 Å². The summed E-state index contributed by atoms with van der Waals surface area (Å²) in [6.45, 7) is 15.8. The predicted octanol–water partition coefficient (Wildman–Crippen LogP) is 13.0. The van der Waals surface area contributed by atoms with Gasteiger partial charge in [-0.3, -0.25) is 20.3 Å². The average molecular weight is 1290 g/mol.